The van der Waals surface area contributed by atoms with Gasteiger partial charge in [-0.25, -0.2) is 5.01 Å². The highest BCUT2D eigenvalue weighted by molar-refractivity contribution is 8.14. The van der Waals surface area contributed by atoms with Gasteiger partial charge in [-0.15, -0.1) is 5.10 Å². The van der Waals surface area contributed by atoms with Gasteiger partial charge in [0, 0.05) is 19.4 Å². The number of hydrogen-bond donors (Lipinski definition) is 1. The fourth-order valence-corrected chi connectivity index (χ4v) is 3.93. The third-order valence-corrected chi connectivity index (χ3v) is 5.17. The monoisotopic (exact) mass is 429 g/mol. The maximum Gasteiger partial charge on any atom is 0.241 e. The van der Waals surface area contributed by atoms with Crippen LogP contribution in [0.2, 0.25) is 0 Å². The smallest absolute Gasteiger partial charge is 0.241 e. The van der Waals surface area contributed by atoms with Crippen LogP contribution in [-0.4, -0.2) is 42.3 Å². The second kappa shape index (κ2) is 10.0. The largest absolute Gasteiger partial charge is 0.497 e. The Morgan fingerprint density at radius 2 is 1.80 bits per heavy atom. The summed E-state index contributed by atoms with van der Waals surface area (Å²) >= 11 is 1.25. The van der Waals surface area contributed by atoms with Gasteiger partial charge in [-0.1, -0.05) is 30.0 Å². The first kappa shape index (κ1) is 21.5. The number of amidine groups is 1. The predicted molar refractivity (Wildman–Crippen MR) is 115 cm³/mol. The molecular formula is C21H23N3O5S. The van der Waals surface area contributed by atoms with E-state index in [2.05, 4.69) is 10.4 Å². The maximum atomic E-state index is 12.1. The number of carbonyl (C=O) groups excluding carboxylic acids is 2. The summed E-state index contributed by atoms with van der Waals surface area (Å²) in [5.74, 6) is 1.45. The molecule has 158 valence electrons. The third-order valence-electron chi connectivity index (χ3n) is 4.09. The van der Waals surface area contributed by atoms with Gasteiger partial charge in [0.15, 0.2) is 5.17 Å². The highest BCUT2D eigenvalue weighted by Gasteiger charge is 2.34. The quantitative estimate of drug-likeness (QED) is 0.680. The number of thioether (sulfide) groups is 1. The molecule has 0 spiro atoms. The summed E-state index contributed by atoms with van der Waals surface area (Å²) in [6.07, 6.45) is 0. The number of benzene rings is 2. The molecule has 3 rings (SSSR count). The number of carbonyl (C=O) groups is 2. The third kappa shape index (κ3) is 5.44. The Morgan fingerprint density at radius 1 is 1.07 bits per heavy atom. The van der Waals surface area contributed by atoms with E-state index in [0.29, 0.717) is 35.4 Å². The van der Waals surface area contributed by atoms with Gasteiger partial charge >= 0.3 is 0 Å². The van der Waals surface area contributed by atoms with Crippen LogP contribution in [0, 0.1) is 0 Å². The average molecular weight is 429 g/mol. The average Bonchev–Trinajstić information content (AvgIpc) is 3.15. The second-order valence-corrected chi connectivity index (χ2v) is 7.40. The summed E-state index contributed by atoms with van der Waals surface area (Å²) in [6, 6.07) is 14.8. The van der Waals surface area contributed by atoms with E-state index < -0.39 is 5.37 Å². The summed E-state index contributed by atoms with van der Waals surface area (Å²) in [4.78, 5) is 23.6. The topological polar surface area (TPSA) is 89.5 Å². The van der Waals surface area contributed by atoms with Gasteiger partial charge in [0.25, 0.3) is 0 Å². The Labute approximate surface area is 179 Å². The van der Waals surface area contributed by atoms with Gasteiger partial charge in [0.1, 0.15) is 35.8 Å². The van der Waals surface area contributed by atoms with Crippen LogP contribution in [0.4, 0.5) is 0 Å². The Morgan fingerprint density at radius 3 is 2.47 bits per heavy atom. The predicted octanol–water partition coefficient (Wildman–Crippen LogP) is 3.15. The van der Waals surface area contributed by atoms with Gasteiger partial charge in [-0.05, 0) is 30.3 Å². The highest BCUT2D eigenvalue weighted by Crippen LogP contribution is 2.43. The fraction of sp³-hybridized carbons (Fsp3) is 0.286. The highest BCUT2D eigenvalue weighted by atomic mass is 32.2. The van der Waals surface area contributed by atoms with Crippen LogP contribution in [0.5, 0.6) is 17.2 Å². The number of methoxy groups -OCH3 is 1. The van der Waals surface area contributed by atoms with Gasteiger partial charge in [0.05, 0.1) is 7.11 Å². The van der Waals surface area contributed by atoms with Gasteiger partial charge in [0.2, 0.25) is 11.8 Å². The number of ether oxygens (including phenoxy) is 3. The molecule has 2 aromatic carbocycles. The number of nitrogens with one attached hydrogen (secondary N) is 1. The fourth-order valence-electron chi connectivity index (χ4n) is 2.77. The van der Waals surface area contributed by atoms with Crippen molar-refractivity contribution in [3.05, 3.63) is 54.1 Å². The number of para-hydroxylation sites is 1. The van der Waals surface area contributed by atoms with Crippen LogP contribution < -0.4 is 19.5 Å². The molecule has 8 nitrogen and oxygen atoms in total. The van der Waals surface area contributed by atoms with Crippen LogP contribution in [0.15, 0.2) is 53.6 Å². The Bertz CT molecular complexity index is 935. The first-order chi connectivity index (χ1) is 14.5. The Kier molecular flexibility index (Phi) is 7.18. The lowest BCUT2D eigenvalue weighted by molar-refractivity contribution is -0.129. The van der Waals surface area contributed by atoms with E-state index in [0.717, 1.165) is 5.75 Å². The lowest BCUT2D eigenvalue weighted by Crippen LogP contribution is -2.25. The van der Waals surface area contributed by atoms with Crippen molar-refractivity contribution < 1.29 is 23.8 Å². The molecule has 1 aliphatic rings. The normalized spacial score (nSPS) is 15.4. The molecule has 1 atom stereocenters. The molecule has 1 N–H and O–H groups in total. The maximum absolute atomic E-state index is 12.1. The standard InChI is InChI=1S/C21H23N3O5S/c1-14(25)22-21-23-24(15(2)26)20(30-21)18-13-17(27-3)9-10-19(18)29-12-11-28-16-7-5-4-6-8-16/h4-10,13,20H,11-12H2,1-3H3,(H,22,23,25)/t20-/m0/s1. The first-order valence-electron chi connectivity index (χ1n) is 9.29. The summed E-state index contributed by atoms with van der Waals surface area (Å²) in [6.45, 7) is 3.48. The van der Waals surface area contributed by atoms with Crippen LogP contribution in [0.3, 0.4) is 0 Å². The molecule has 0 unspecified atom stereocenters. The number of amides is 2. The minimum Gasteiger partial charge on any atom is -0.497 e. The van der Waals surface area contributed by atoms with E-state index >= 15 is 0 Å². The number of hydrogen-bond acceptors (Lipinski definition) is 7. The number of hydrazone groups is 1. The van der Waals surface area contributed by atoms with Gasteiger partial charge in [-0.2, -0.15) is 0 Å². The van der Waals surface area contributed by atoms with E-state index in [4.69, 9.17) is 14.2 Å². The van der Waals surface area contributed by atoms with E-state index in [1.807, 2.05) is 30.3 Å². The summed E-state index contributed by atoms with van der Waals surface area (Å²) in [5, 5.41) is 8.03. The van der Waals surface area contributed by atoms with Gasteiger partial charge < -0.3 is 19.5 Å². The van der Waals surface area contributed by atoms with Gasteiger partial charge in [-0.3, -0.25) is 9.59 Å². The molecule has 2 amide bonds. The second-order valence-electron chi connectivity index (χ2n) is 6.33. The van der Waals surface area contributed by atoms with Crippen molar-refractivity contribution in [2.75, 3.05) is 20.3 Å². The SMILES string of the molecule is COc1ccc(OCCOc2ccccc2)c([C@@H]2SC(NC(C)=O)=NN2C(C)=O)c1. The van der Waals surface area contributed by atoms with Crippen molar-refractivity contribution in [3.8, 4) is 17.2 Å². The van der Waals surface area contributed by atoms with E-state index in [1.54, 1.807) is 25.3 Å². The molecule has 2 aromatic rings. The Hall–Kier alpha value is -3.20. The van der Waals surface area contributed by atoms with Crippen molar-refractivity contribution in [3.63, 3.8) is 0 Å². The number of nitrogens with zero attached hydrogens (tertiary/aromatic N) is 2. The first-order valence-corrected chi connectivity index (χ1v) is 10.2. The molecule has 0 radical (unpaired) electrons. The zero-order valence-corrected chi connectivity index (χ0v) is 17.8. The molecule has 1 aliphatic heterocycles. The molecule has 0 saturated heterocycles. The summed E-state index contributed by atoms with van der Waals surface area (Å²) < 4.78 is 17.0. The van der Waals surface area contributed by atoms with Crippen molar-refractivity contribution in [2.45, 2.75) is 19.2 Å². The van der Waals surface area contributed by atoms with E-state index in [1.165, 1.54) is 30.6 Å². The molecule has 1 heterocycles. The Balaban J connectivity index is 1.75. The van der Waals surface area contributed by atoms with Crippen LogP contribution >= 0.6 is 11.8 Å². The van der Waals surface area contributed by atoms with Crippen LogP contribution in [0.25, 0.3) is 0 Å². The lowest BCUT2D eigenvalue weighted by atomic mass is 10.1. The minimum atomic E-state index is -0.496. The van der Waals surface area contributed by atoms with Crippen molar-refractivity contribution in [2.24, 2.45) is 5.10 Å². The molecule has 0 aromatic heterocycles. The van der Waals surface area contributed by atoms with Crippen LogP contribution in [-0.2, 0) is 9.59 Å². The van der Waals surface area contributed by atoms with Crippen molar-refractivity contribution >= 4 is 28.7 Å². The molecule has 0 saturated carbocycles. The number of rotatable bonds is 7. The molecule has 0 fully saturated rings. The zero-order chi connectivity index (χ0) is 21.5. The van der Waals surface area contributed by atoms with Crippen molar-refractivity contribution in [1.29, 1.82) is 0 Å². The molecular weight excluding hydrogens is 406 g/mol. The molecule has 9 heteroatoms. The van der Waals surface area contributed by atoms with E-state index in [9.17, 15) is 9.59 Å². The molecule has 0 bridgehead atoms. The van der Waals surface area contributed by atoms with E-state index in [-0.39, 0.29) is 11.8 Å². The zero-order valence-electron chi connectivity index (χ0n) is 17.0. The summed E-state index contributed by atoms with van der Waals surface area (Å²) in [7, 11) is 1.57. The van der Waals surface area contributed by atoms with Crippen LogP contribution in [0.1, 0.15) is 24.8 Å². The molecule has 30 heavy (non-hydrogen) atoms. The molecule has 0 aliphatic carbocycles. The summed E-state index contributed by atoms with van der Waals surface area (Å²) in [5.41, 5.74) is 0.707. The minimum absolute atomic E-state index is 0.256. The van der Waals surface area contributed by atoms with Crippen molar-refractivity contribution in [1.82, 2.24) is 10.3 Å². The lowest BCUT2D eigenvalue weighted by Gasteiger charge is -2.22.